The number of nitrogens with one attached hydrogen (secondary N) is 1. The molecule has 2 fully saturated rings. The maximum absolute atomic E-state index is 12.1. The number of nitrogens with zero attached hydrogens (tertiary/aromatic N) is 2. The topological polar surface area (TPSA) is 35.6 Å². The molecule has 1 amide bonds. The van der Waals surface area contributed by atoms with Gasteiger partial charge < -0.3 is 10.2 Å². The van der Waals surface area contributed by atoms with Crippen molar-refractivity contribution in [3.05, 3.63) is 0 Å². The summed E-state index contributed by atoms with van der Waals surface area (Å²) in [5, 5.41) is 3.28. The third-order valence-corrected chi connectivity index (χ3v) is 3.86. The molecule has 2 aliphatic rings. The predicted molar refractivity (Wildman–Crippen MR) is 59.7 cm³/mol. The van der Waals surface area contributed by atoms with Gasteiger partial charge in [-0.3, -0.25) is 9.69 Å². The van der Waals surface area contributed by atoms with Crippen molar-refractivity contribution in [3.63, 3.8) is 0 Å². The SMILES string of the molecule is CCN1CC2CC(NC)CN2C(=O)C1C. The molecule has 1 N–H and O–H groups in total. The van der Waals surface area contributed by atoms with E-state index < -0.39 is 0 Å². The van der Waals surface area contributed by atoms with Gasteiger partial charge in [-0.1, -0.05) is 6.92 Å². The zero-order chi connectivity index (χ0) is 11.0. The minimum atomic E-state index is 0.0712. The quantitative estimate of drug-likeness (QED) is 0.693. The molecule has 3 atom stereocenters. The van der Waals surface area contributed by atoms with E-state index >= 15 is 0 Å². The highest BCUT2D eigenvalue weighted by molar-refractivity contribution is 5.83. The second-order valence-electron chi connectivity index (χ2n) is 4.63. The Morgan fingerprint density at radius 2 is 2.20 bits per heavy atom. The summed E-state index contributed by atoms with van der Waals surface area (Å²) in [6, 6.07) is 0.996. The van der Waals surface area contributed by atoms with Crippen LogP contribution in [0.4, 0.5) is 0 Å². The highest BCUT2D eigenvalue weighted by Gasteiger charge is 2.42. The van der Waals surface area contributed by atoms with Crippen LogP contribution in [0.15, 0.2) is 0 Å². The van der Waals surface area contributed by atoms with Gasteiger partial charge in [0.05, 0.1) is 6.04 Å². The molecule has 15 heavy (non-hydrogen) atoms. The van der Waals surface area contributed by atoms with Crippen molar-refractivity contribution < 1.29 is 4.79 Å². The standard InChI is InChI=1S/C11H21N3O/c1-4-13-7-10-5-9(12-3)6-14(10)11(15)8(13)2/h8-10,12H,4-7H2,1-3H3. The Kier molecular flexibility index (Phi) is 2.98. The molecule has 0 aromatic heterocycles. The van der Waals surface area contributed by atoms with Gasteiger partial charge in [0.25, 0.3) is 0 Å². The summed E-state index contributed by atoms with van der Waals surface area (Å²) in [6.45, 7) is 7.06. The fourth-order valence-electron chi connectivity index (χ4n) is 2.80. The Balaban J connectivity index is 2.10. The van der Waals surface area contributed by atoms with Gasteiger partial charge in [-0.2, -0.15) is 0 Å². The average molecular weight is 211 g/mol. The smallest absolute Gasteiger partial charge is 0.239 e. The largest absolute Gasteiger partial charge is 0.335 e. The summed E-state index contributed by atoms with van der Waals surface area (Å²) in [4.78, 5) is 16.4. The first-order chi connectivity index (χ1) is 7.17. The van der Waals surface area contributed by atoms with E-state index in [9.17, 15) is 4.79 Å². The second kappa shape index (κ2) is 4.10. The molecular formula is C11H21N3O. The molecule has 4 nitrogen and oxygen atoms in total. The molecule has 0 aromatic rings. The number of piperazine rings is 1. The summed E-state index contributed by atoms with van der Waals surface area (Å²) < 4.78 is 0. The van der Waals surface area contributed by atoms with Gasteiger partial charge in [-0.25, -0.2) is 0 Å². The number of fused-ring (bicyclic) bond motifs is 1. The minimum Gasteiger partial charge on any atom is -0.335 e. The molecule has 86 valence electrons. The summed E-state index contributed by atoms with van der Waals surface area (Å²) in [7, 11) is 1.98. The zero-order valence-electron chi connectivity index (χ0n) is 9.86. The van der Waals surface area contributed by atoms with Gasteiger partial charge >= 0.3 is 0 Å². The summed E-state index contributed by atoms with van der Waals surface area (Å²) in [6.07, 6.45) is 1.10. The highest BCUT2D eigenvalue weighted by Crippen LogP contribution is 2.25. The van der Waals surface area contributed by atoms with E-state index in [4.69, 9.17) is 0 Å². The van der Waals surface area contributed by atoms with E-state index in [0.29, 0.717) is 18.0 Å². The molecule has 2 saturated heterocycles. The van der Waals surface area contributed by atoms with Crippen LogP contribution in [-0.2, 0) is 4.79 Å². The minimum absolute atomic E-state index is 0.0712. The van der Waals surface area contributed by atoms with Crippen LogP contribution in [0.5, 0.6) is 0 Å². The molecule has 2 rings (SSSR count). The normalized spacial score (nSPS) is 37.1. The Morgan fingerprint density at radius 1 is 1.47 bits per heavy atom. The average Bonchev–Trinajstić information content (AvgIpc) is 2.66. The van der Waals surface area contributed by atoms with Crippen LogP contribution >= 0.6 is 0 Å². The number of carbonyl (C=O) groups excluding carboxylic acids is 1. The molecule has 0 saturated carbocycles. The molecule has 0 radical (unpaired) electrons. The lowest BCUT2D eigenvalue weighted by Gasteiger charge is -2.40. The first-order valence-corrected chi connectivity index (χ1v) is 5.89. The summed E-state index contributed by atoms with van der Waals surface area (Å²) in [5.41, 5.74) is 0. The van der Waals surface area contributed by atoms with Crippen molar-refractivity contribution in [1.82, 2.24) is 15.1 Å². The van der Waals surface area contributed by atoms with E-state index in [-0.39, 0.29) is 6.04 Å². The van der Waals surface area contributed by atoms with Crippen LogP contribution < -0.4 is 5.32 Å². The Labute approximate surface area is 91.6 Å². The van der Waals surface area contributed by atoms with Crippen molar-refractivity contribution >= 4 is 5.91 Å². The van der Waals surface area contributed by atoms with Crippen LogP contribution in [-0.4, -0.2) is 60.5 Å². The first-order valence-electron chi connectivity index (χ1n) is 5.89. The van der Waals surface area contributed by atoms with Crippen LogP contribution in [0.2, 0.25) is 0 Å². The highest BCUT2D eigenvalue weighted by atomic mass is 16.2. The molecule has 2 heterocycles. The first kappa shape index (κ1) is 10.9. The van der Waals surface area contributed by atoms with Gasteiger partial charge in [0.15, 0.2) is 0 Å². The Bertz CT molecular complexity index is 256. The molecule has 0 bridgehead atoms. The zero-order valence-corrected chi connectivity index (χ0v) is 9.86. The monoisotopic (exact) mass is 211 g/mol. The number of amides is 1. The molecule has 0 aliphatic carbocycles. The number of likely N-dealkylation sites (N-methyl/N-ethyl adjacent to an activating group) is 2. The number of rotatable bonds is 2. The van der Waals surface area contributed by atoms with Crippen LogP contribution in [0, 0.1) is 0 Å². The van der Waals surface area contributed by atoms with Crippen molar-refractivity contribution in [2.45, 2.75) is 38.4 Å². The lowest BCUT2D eigenvalue weighted by Crippen LogP contribution is -2.58. The lowest BCUT2D eigenvalue weighted by molar-refractivity contribution is -0.142. The maximum Gasteiger partial charge on any atom is 0.239 e. The van der Waals surface area contributed by atoms with E-state index in [1.165, 1.54) is 0 Å². The Hall–Kier alpha value is -0.610. The fourth-order valence-corrected chi connectivity index (χ4v) is 2.80. The molecule has 0 aromatic carbocycles. The summed E-state index contributed by atoms with van der Waals surface area (Å²) in [5.74, 6) is 0.311. The van der Waals surface area contributed by atoms with Gasteiger partial charge in [0, 0.05) is 25.2 Å². The Morgan fingerprint density at radius 3 is 2.80 bits per heavy atom. The van der Waals surface area contributed by atoms with Gasteiger partial charge in [-0.05, 0) is 26.9 Å². The second-order valence-corrected chi connectivity index (χ2v) is 4.63. The molecular weight excluding hydrogens is 190 g/mol. The van der Waals surface area contributed by atoms with E-state index in [2.05, 4.69) is 22.0 Å². The lowest BCUT2D eigenvalue weighted by atomic mass is 10.1. The van der Waals surface area contributed by atoms with E-state index in [1.54, 1.807) is 0 Å². The molecule has 2 aliphatic heterocycles. The van der Waals surface area contributed by atoms with Crippen LogP contribution in [0.1, 0.15) is 20.3 Å². The number of hydrogen-bond acceptors (Lipinski definition) is 3. The van der Waals surface area contributed by atoms with Gasteiger partial charge in [0.1, 0.15) is 0 Å². The molecule has 4 heteroatoms. The van der Waals surface area contributed by atoms with Crippen molar-refractivity contribution in [2.75, 3.05) is 26.7 Å². The number of carbonyl (C=O) groups is 1. The van der Waals surface area contributed by atoms with Crippen molar-refractivity contribution in [3.8, 4) is 0 Å². The van der Waals surface area contributed by atoms with E-state index in [0.717, 1.165) is 26.1 Å². The van der Waals surface area contributed by atoms with Crippen LogP contribution in [0.3, 0.4) is 0 Å². The molecule has 3 unspecified atom stereocenters. The van der Waals surface area contributed by atoms with Crippen LogP contribution in [0.25, 0.3) is 0 Å². The molecule has 0 spiro atoms. The fraction of sp³-hybridized carbons (Fsp3) is 0.909. The van der Waals surface area contributed by atoms with Gasteiger partial charge in [-0.15, -0.1) is 0 Å². The van der Waals surface area contributed by atoms with Crippen molar-refractivity contribution in [1.29, 1.82) is 0 Å². The number of hydrogen-bond donors (Lipinski definition) is 1. The van der Waals surface area contributed by atoms with E-state index in [1.807, 2.05) is 14.0 Å². The third-order valence-electron chi connectivity index (χ3n) is 3.86. The van der Waals surface area contributed by atoms with Crippen molar-refractivity contribution in [2.24, 2.45) is 0 Å². The predicted octanol–water partition coefficient (Wildman–Crippen LogP) is -0.101. The third kappa shape index (κ3) is 1.76. The van der Waals surface area contributed by atoms with Gasteiger partial charge in [0.2, 0.25) is 5.91 Å². The maximum atomic E-state index is 12.1. The summed E-state index contributed by atoms with van der Waals surface area (Å²) >= 11 is 0.